The number of anilines is 4. The summed E-state index contributed by atoms with van der Waals surface area (Å²) < 4.78 is 124. The summed E-state index contributed by atoms with van der Waals surface area (Å²) in [5, 5.41) is 6.49. The molecule has 0 fully saturated rings. The predicted octanol–water partition coefficient (Wildman–Crippen LogP) is 18.2. The molecule has 0 bridgehead atoms. The molecule has 0 aliphatic carbocycles. The molecule has 0 heterocycles. The number of nitrogens with zero attached hydrogens (tertiary/aromatic N) is 4. The highest BCUT2D eigenvalue weighted by molar-refractivity contribution is 7.90. The molecule has 0 aromatic heterocycles. The molecule has 4 N–H and O–H groups in total. The maximum absolute atomic E-state index is 14.0. The molecule has 0 saturated heterocycles. The average Bonchev–Trinajstić information content (AvgIpc) is 0.797. The SMILES string of the molecule is CN(C)c1cccc2c(S(=O)(=O)NCCC[Si](C)(C)CCC[Si](CCC[Si](C)(C)CCCNS(=O)(=O)c3cccc4c(N(C)C)cccc34)(CCC[Si](C)(C)CCCNS(=O)(=O)c3cccc4c(N(C)C)cccc34)CCC[Si](C)(C)CCCNS(=O)(=O)c3cccc4c(N(C)C)cccc34)cccc12. The topological polar surface area (TPSA) is 198 Å². The first-order valence-corrected chi connectivity index (χ1v) is 60.5. The van der Waals surface area contributed by atoms with Gasteiger partial charge in [-0.1, -0.05) is 248 Å². The molecule has 0 aliphatic rings. The zero-order chi connectivity index (χ0) is 76.8. The number of rotatable bonds is 44. The first kappa shape index (κ1) is 85.3. The van der Waals surface area contributed by atoms with Crippen LogP contribution >= 0.6 is 0 Å². The van der Waals surface area contributed by atoms with Gasteiger partial charge in [-0.25, -0.2) is 52.6 Å². The molecule has 0 saturated carbocycles. The molecular weight excluding hydrogens is 1470 g/mol. The number of hydrogen-bond donors (Lipinski definition) is 4. The molecular formula is C80H124N8O8S4Si5. The molecule has 8 aromatic rings. The maximum Gasteiger partial charge on any atom is 0.241 e. The van der Waals surface area contributed by atoms with E-state index in [4.69, 9.17) is 0 Å². The van der Waals surface area contributed by atoms with E-state index in [-0.39, 0.29) is 0 Å². The monoisotopic (exact) mass is 1590 g/mol. The van der Waals surface area contributed by atoms with E-state index in [0.29, 0.717) is 67.3 Å². The maximum atomic E-state index is 14.0. The minimum atomic E-state index is -3.77. The summed E-state index contributed by atoms with van der Waals surface area (Å²) in [6.45, 7) is 21.5. The number of hydrogen-bond acceptors (Lipinski definition) is 12. The Morgan fingerprint density at radius 2 is 0.410 bits per heavy atom. The van der Waals surface area contributed by atoms with Crippen molar-refractivity contribution in [3.63, 3.8) is 0 Å². The first-order valence-electron chi connectivity index (χ1n) is 38.0. The van der Waals surface area contributed by atoms with Crippen LogP contribution in [0.3, 0.4) is 0 Å². The fraction of sp³-hybridized carbons (Fsp3) is 0.500. The van der Waals surface area contributed by atoms with Crippen molar-refractivity contribution in [1.29, 1.82) is 0 Å². The highest BCUT2D eigenvalue weighted by Gasteiger charge is 2.36. The Hall–Kier alpha value is -5.28. The molecule has 0 unspecified atom stereocenters. The standard InChI is InChI=1S/C80H124N8O8S4Si5/c1-85(2)73-41-17-37-69-65(73)33-21-45-77(69)97(89,90)81-49-25-53-101(9,10)57-29-61-105(62-30-58-102(11,12)54-26-50-82-98(91,92)78-46-22-34-66-70(78)38-18-42-74(66)86(3)4,63-31-59-103(13,14)55-27-51-83-99(93,94)79-47-23-35-67-71(79)39-19-43-75(67)87(5)6)64-32-60-104(15,16)56-28-52-84-100(95,96)80-48-24-36-68-72(80)40-20-44-76(68)88(7)8/h17-24,33-48,81-84H,25-32,49-64H2,1-16H3. The molecule has 8 rings (SSSR count). The van der Waals surface area contributed by atoms with Crippen molar-refractivity contribution in [1.82, 2.24) is 18.9 Å². The Morgan fingerprint density at radius 3 is 0.600 bits per heavy atom. The summed E-state index contributed by atoms with van der Waals surface area (Å²) in [6.07, 6.45) is 7.77. The fourth-order valence-electron chi connectivity index (χ4n) is 16.0. The lowest BCUT2D eigenvalue weighted by Gasteiger charge is -2.36. The molecule has 0 aliphatic heterocycles. The Morgan fingerprint density at radius 1 is 0.238 bits per heavy atom. The van der Waals surface area contributed by atoms with E-state index in [2.05, 4.69) is 71.3 Å². The van der Waals surface area contributed by atoms with Crippen LogP contribution in [-0.2, 0) is 40.1 Å². The van der Waals surface area contributed by atoms with E-state index >= 15 is 0 Å². The van der Waals surface area contributed by atoms with Crippen molar-refractivity contribution in [3.05, 3.63) is 146 Å². The number of sulfonamides is 4. The number of nitrogens with one attached hydrogen (secondary N) is 4. The van der Waals surface area contributed by atoms with E-state index in [1.807, 2.05) is 197 Å². The van der Waals surface area contributed by atoms with Crippen LogP contribution in [0.2, 0.25) is 125 Å². The van der Waals surface area contributed by atoms with E-state index in [9.17, 15) is 33.7 Å². The van der Waals surface area contributed by atoms with E-state index in [0.717, 1.165) is 120 Å². The van der Waals surface area contributed by atoms with Crippen molar-refractivity contribution in [2.24, 2.45) is 0 Å². The van der Waals surface area contributed by atoms with Crippen LogP contribution in [0.1, 0.15) is 51.4 Å². The van der Waals surface area contributed by atoms with Crippen LogP contribution in [-0.4, -0.2) is 157 Å². The minimum Gasteiger partial charge on any atom is -0.377 e. The summed E-state index contributed by atoms with van der Waals surface area (Å²) in [5.41, 5.74) is 3.89. The summed E-state index contributed by atoms with van der Waals surface area (Å²) in [4.78, 5) is 9.28. The quantitative estimate of drug-likeness (QED) is 0.0209. The molecule has 0 amide bonds. The predicted molar refractivity (Wildman–Crippen MR) is 464 cm³/mol. The zero-order valence-electron chi connectivity index (χ0n) is 66.0. The lowest BCUT2D eigenvalue weighted by molar-refractivity contribution is 0.579. The normalized spacial score (nSPS) is 13.2. The van der Waals surface area contributed by atoms with Crippen molar-refractivity contribution < 1.29 is 33.7 Å². The first-order chi connectivity index (χ1) is 49.3. The summed E-state index contributed by atoms with van der Waals surface area (Å²) in [6, 6.07) is 59.2. The summed E-state index contributed by atoms with van der Waals surface area (Å²) in [7, 11) is -8.51. The minimum absolute atomic E-state index is 0.308. The molecule has 0 spiro atoms. The molecule has 105 heavy (non-hydrogen) atoms. The Labute approximate surface area is 637 Å². The number of fused-ring (bicyclic) bond motifs is 4. The molecule has 25 heteroatoms. The smallest absolute Gasteiger partial charge is 0.241 e. The van der Waals surface area contributed by atoms with Gasteiger partial charge in [0.15, 0.2) is 0 Å². The van der Waals surface area contributed by atoms with Crippen molar-refractivity contribution in [2.45, 2.75) is 196 Å². The van der Waals surface area contributed by atoms with E-state index in [1.54, 1.807) is 24.3 Å². The number of benzene rings is 8. The van der Waals surface area contributed by atoms with Crippen LogP contribution in [0.15, 0.2) is 165 Å². The van der Waals surface area contributed by atoms with Gasteiger partial charge in [-0.3, -0.25) is 0 Å². The molecule has 8 aromatic carbocycles. The lowest BCUT2D eigenvalue weighted by Crippen LogP contribution is -2.38. The van der Waals surface area contributed by atoms with Gasteiger partial charge in [-0.2, -0.15) is 0 Å². The summed E-state index contributed by atoms with van der Waals surface area (Å²) >= 11 is 0. The fourth-order valence-corrected chi connectivity index (χ4v) is 37.8. The second-order valence-corrected chi connectivity index (χ2v) is 66.9. The van der Waals surface area contributed by atoms with Crippen LogP contribution < -0.4 is 38.5 Å². The van der Waals surface area contributed by atoms with Crippen LogP contribution in [0.25, 0.3) is 43.1 Å². The molecule has 0 radical (unpaired) electrons. The van der Waals surface area contributed by atoms with Gasteiger partial charge in [-0.05, 0) is 74.2 Å². The van der Waals surface area contributed by atoms with Crippen molar-refractivity contribution in [2.75, 3.05) is 102 Å². The van der Waals surface area contributed by atoms with E-state index in [1.165, 1.54) is 48.4 Å². The van der Waals surface area contributed by atoms with Crippen LogP contribution in [0.4, 0.5) is 22.7 Å². The second kappa shape index (κ2) is 36.5. The van der Waals surface area contributed by atoms with Crippen molar-refractivity contribution in [3.8, 4) is 0 Å². The summed E-state index contributed by atoms with van der Waals surface area (Å²) in [5.74, 6) is 0. The van der Waals surface area contributed by atoms with Gasteiger partial charge in [0.05, 0.1) is 27.7 Å². The Balaban J connectivity index is 0.974. The van der Waals surface area contributed by atoms with Crippen LogP contribution in [0.5, 0.6) is 0 Å². The second-order valence-electron chi connectivity index (χ2n) is 33.7. The van der Waals surface area contributed by atoms with Crippen molar-refractivity contribution >= 4 is 146 Å². The van der Waals surface area contributed by atoms with E-state index < -0.39 is 80.5 Å². The van der Waals surface area contributed by atoms with Gasteiger partial charge in [-0.15, -0.1) is 0 Å². The largest absolute Gasteiger partial charge is 0.377 e. The van der Waals surface area contributed by atoms with Gasteiger partial charge >= 0.3 is 0 Å². The Kier molecular flexibility index (Phi) is 29.7. The lowest BCUT2D eigenvalue weighted by atomic mass is 10.1. The third kappa shape index (κ3) is 23.4. The average molecular weight is 1590 g/mol. The highest BCUT2D eigenvalue weighted by atomic mass is 32.2. The zero-order valence-corrected chi connectivity index (χ0v) is 74.3. The highest BCUT2D eigenvalue weighted by Crippen LogP contribution is 2.41. The third-order valence-corrected chi connectivity index (χ3v) is 47.4. The van der Waals surface area contributed by atoms with Gasteiger partial charge in [0.2, 0.25) is 40.1 Å². The van der Waals surface area contributed by atoms with Gasteiger partial charge in [0, 0.05) is 181 Å². The van der Waals surface area contributed by atoms with Crippen LogP contribution in [0, 0.1) is 0 Å². The third-order valence-electron chi connectivity index (χ3n) is 22.1. The molecule has 16 nitrogen and oxygen atoms in total. The molecule has 0 atom stereocenters. The Bertz CT molecular complexity index is 4140. The molecule has 576 valence electrons. The van der Waals surface area contributed by atoms with Gasteiger partial charge in [0.1, 0.15) is 0 Å². The van der Waals surface area contributed by atoms with Gasteiger partial charge in [0.25, 0.3) is 0 Å². The van der Waals surface area contributed by atoms with Gasteiger partial charge < -0.3 is 19.6 Å².